The summed E-state index contributed by atoms with van der Waals surface area (Å²) in [6, 6.07) is 12.4. The zero-order valence-corrected chi connectivity index (χ0v) is 16.8. The number of ether oxygens (including phenoxy) is 3. The lowest BCUT2D eigenvalue weighted by atomic mass is 10.0. The van der Waals surface area contributed by atoms with Gasteiger partial charge in [-0.05, 0) is 36.1 Å². The molecule has 0 spiro atoms. The summed E-state index contributed by atoms with van der Waals surface area (Å²) < 4.78 is 21.8. The van der Waals surface area contributed by atoms with Crippen LogP contribution in [0, 0.1) is 0 Å². The summed E-state index contributed by atoms with van der Waals surface area (Å²) in [5, 5.41) is 0.366. The highest BCUT2D eigenvalue weighted by atomic mass is 16.6. The number of carbonyl (C=O) groups excluding carboxylic acids is 1. The van der Waals surface area contributed by atoms with Gasteiger partial charge in [0.05, 0.1) is 12.0 Å². The van der Waals surface area contributed by atoms with Crippen molar-refractivity contribution >= 4 is 16.9 Å². The maximum Gasteiger partial charge on any atom is 0.344 e. The van der Waals surface area contributed by atoms with Crippen molar-refractivity contribution in [2.24, 2.45) is 0 Å². The standard InChI is InChI=1S/C23H24O6/c1-4-11-26-22(24)14-27-16-9-10-18-20(12-16)28-13-21(23(18)25)29-19-8-6-5-7-17(19)15(2)3/h5-10,12-13,15H,4,11,14H2,1-3H3. The van der Waals surface area contributed by atoms with E-state index >= 15 is 0 Å². The quantitative estimate of drug-likeness (QED) is 0.497. The van der Waals surface area contributed by atoms with Gasteiger partial charge in [-0.2, -0.15) is 0 Å². The van der Waals surface area contributed by atoms with Crippen LogP contribution in [-0.2, 0) is 9.53 Å². The van der Waals surface area contributed by atoms with Crippen LogP contribution in [0.25, 0.3) is 11.0 Å². The Morgan fingerprint density at radius 1 is 1.10 bits per heavy atom. The van der Waals surface area contributed by atoms with Crippen molar-refractivity contribution in [3.05, 3.63) is 64.5 Å². The molecule has 0 aliphatic rings. The molecule has 6 nitrogen and oxygen atoms in total. The molecule has 0 amide bonds. The van der Waals surface area contributed by atoms with Crippen LogP contribution in [0.3, 0.4) is 0 Å². The van der Waals surface area contributed by atoms with E-state index in [0.717, 1.165) is 12.0 Å². The monoisotopic (exact) mass is 396 g/mol. The Balaban J connectivity index is 1.80. The fraction of sp³-hybridized carbons (Fsp3) is 0.304. The van der Waals surface area contributed by atoms with Gasteiger partial charge >= 0.3 is 5.97 Å². The molecular formula is C23H24O6. The second-order valence-electron chi connectivity index (χ2n) is 6.89. The van der Waals surface area contributed by atoms with Crippen molar-refractivity contribution in [3.8, 4) is 17.2 Å². The lowest BCUT2D eigenvalue weighted by Gasteiger charge is -2.13. The van der Waals surface area contributed by atoms with Crippen LogP contribution in [0.5, 0.6) is 17.2 Å². The summed E-state index contributed by atoms with van der Waals surface area (Å²) in [5.74, 6) is 0.957. The molecule has 2 aromatic carbocycles. The molecule has 0 radical (unpaired) electrons. The Morgan fingerprint density at radius 3 is 2.66 bits per heavy atom. The molecule has 0 fully saturated rings. The van der Waals surface area contributed by atoms with Gasteiger partial charge in [-0.15, -0.1) is 0 Å². The molecule has 0 unspecified atom stereocenters. The van der Waals surface area contributed by atoms with Gasteiger partial charge in [-0.1, -0.05) is 39.0 Å². The summed E-state index contributed by atoms with van der Waals surface area (Å²) >= 11 is 0. The fourth-order valence-electron chi connectivity index (χ4n) is 2.82. The maximum atomic E-state index is 12.8. The summed E-state index contributed by atoms with van der Waals surface area (Å²) in [5.41, 5.74) is 1.07. The molecule has 152 valence electrons. The van der Waals surface area contributed by atoms with Gasteiger partial charge < -0.3 is 18.6 Å². The highest BCUT2D eigenvalue weighted by molar-refractivity contribution is 5.79. The number of fused-ring (bicyclic) bond motifs is 1. The molecule has 0 N–H and O–H groups in total. The Hall–Kier alpha value is -3.28. The first-order valence-corrected chi connectivity index (χ1v) is 9.60. The van der Waals surface area contributed by atoms with E-state index < -0.39 is 5.97 Å². The highest BCUT2D eigenvalue weighted by Gasteiger charge is 2.14. The molecule has 0 bridgehead atoms. The van der Waals surface area contributed by atoms with Crippen molar-refractivity contribution in [2.75, 3.05) is 13.2 Å². The minimum Gasteiger partial charge on any atom is -0.482 e. The summed E-state index contributed by atoms with van der Waals surface area (Å²) in [7, 11) is 0. The van der Waals surface area contributed by atoms with Crippen LogP contribution in [0.4, 0.5) is 0 Å². The number of esters is 1. The van der Waals surface area contributed by atoms with Crippen LogP contribution in [0.15, 0.2) is 57.9 Å². The second-order valence-corrected chi connectivity index (χ2v) is 6.89. The van der Waals surface area contributed by atoms with Crippen molar-refractivity contribution in [2.45, 2.75) is 33.1 Å². The zero-order chi connectivity index (χ0) is 20.8. The van der Waals surface area contributed by atoms with E-state index in [1.165, 1.54) is 6.26 Å². The zero-order valence-electron chi connectivity index (χ0n) is 16.8. The van der Waals surface area contributed by atoms with E-state index in [1.54, 1.807) is 18.2 Å². The molecule has 1 aromatic heterocycles. The first-order chi connectivity index (χ1) is 14.0. The molecule has 0 saturated carbocycles. The van der Waals surface area contributed by atoms with Gasteiger partial charge in [0.2, 0.25) is 11.2 Å². The van der Waals surface area contributed by atoms with Gasteiger partial charge in [-0.25, -0.2) is 4.79 Å². The van der Waals surface area contributed by atoms with E-state index in [9.17, 15) is 9.59 Å². The normalized spacial score (nSPS) is 10.9. The third kappa shape index (κ3) is 4.96. The Morgan fingerprint density at radius 2 is 1.90 bits per heavy atom. The largest absolute Gasteiger partial charge is 0.482 e. The lowest BCUT2D eigenvalue weighted by Crippen LogP contribution is -2.15. The number of carbonyl (C=O) groups is 1. The second kappa shape index (κ2) is 9.28. The minimum atomic E-state index is -0.444. The molecule has 0 atom stereocenters. The lowest BCUT2D eigenvalue weighted by molar-refractivity contribution is -0.146. The van der Waals surface area contributed by atoms with Gasteiger partial charge in [0.1, 0.15) is 23.3 Å². The van der Waals surface area contributed by atoms with Crippen LogP contribution < -0.4 is 14.9 Å². The van der Waals surface area contributed by atoms with Crippen molar-refractivity contribution in [1.82, 2.24) is 0 Å². The Labute approximate surface area is 169 Å². The smallest absolute Gasteiger partial charge is 0.344 e. The molecular weight excluding hydrogens is 372 g/mol. The summed E-state index contributed by atoms with van der Waals surface area (Å²) in [6.07, 6.45) is 2.04. The third-order valence-electron chi connectivity index (χ3n) is 4.30. The van der Waals surface area contributed by atoms with Crippen molar-refractivity contribution in [3.63, 3.8) is 0 Å². The molecule has 0 aliphatic carbocycles. The Bertz CT molecular complexity index is 1050. The third-order valence-corrected chi connectivity index (χ3v) is 4.30. The van der Waals surface area contributed by atoms with Gasteiger partial charge in [0.15, 0.2) is 6.61 Å². The Kier molecular flexibility index (Phi) is 6.54. The molecule has 3 aromatic rings. The SMILES string of the molecule is CCCOC(=O)COc1ccc2c(=O)c(Oc3ccccc3C(C)C)coc2c1. The van der Waals surface area contributed by atoms with Crippen molar-refractivity contribution in [1.29, 1.82) is 0 Å². The molecule has 29 heavy (non-hydrogen) atoms. The van der Waals surface area contributed by atoms with E-state index in [1.807, 2.05) is 31.2 Å². The van der Waals surface area contributed by atoms with E-state index in [-0.39, 0.29) is 23.7 Å². The molecule has 6 heteroatoms. The van der Waals surface area contributed by atoms with E-state index in [4.69, 9.17) is 18.6 Å². The minimum absolute atomic E-state index is 0.113. The van der Waals surface area contributed by atoms with Crippen LogP contribution in [0.2, 0.25) is 0 Å². The van der Waals surface area contributed by atoms with Gasteiger partial charge in [0, 0.05) is 6.07 Å². The highest BCUT2D eigenvalue weighted by Crippen LogP contribution is 2.30. The topological polar surface area (TPSA) is 75.0 Å². The number of benzene rings is 2. The van der Waals surface area contributed by atoms with E-state index in [0.29, 0.717) is 29.1 Å². The first kappa shape index (κ1) is 20.5. The molecule has 3 rings (SSSR count). The predicted octanol–water partition coefficient (Wildman–Crippen LogP) is 5.04. The number of hydrogen-bond donors (Lipinski definition) is 0. The van der Waals surface area contributed by atoms with Crippen LogP contribution in [0.1, 0.15) is 38.7 Å². The summed E-state index contributed by atoms with van der Waals surface area (Å²) in [6.45, 7) is 6.19. The first-order valence-electron chi connectivity index (χ1n) is 9.60. The fourth-order valence-corrected chi connectivity index (χ4v) is 2.82. The number of hydrogen-bond acceptors (Lipinski definition) is 6. The average molecular weight is 396 g/mol. The van der Waals surface area contributed by atoms with Crippen LogP contribution in [-0.4, -0.2) is 19.2 Å². The average Bonchev–Trinajstić information content (AvgIpc) is 2.73. The maximum absolute atomic E-state index is 12.8. The van der Waals surface area contributed by atoms with Gasteiger partial charge in [0.25, 0.3) is 0 Å². The van der Waals surface area contributed by atoms with Crippen molar-refractivity contribution < 1.29 is 23.4 Å². The number of para-hydroxylation sites is 1. The molecule has 0 aliphatic heterocycles. The van der Waals surface area contributed by atoms with Crippen LogP contribution >= 0.6 is 0 Å². The number of rotatable bonds is 8. The predicted molar refractivity (Wildman–Crippen MR) is 110 cm³/mol. The van der Waals surface area contributed by atoms with Gasteiger partial charge in [-0.3, -0.25) is 4.79 Å². The molecule has 1 heterocycles. The summed E-state index contributed by atoms with van der Waals surface area (Å²) in [4.78, 5) is 24.4. The van der Waals surface area contributed by atoms with E-state index in [2.05, 4.69) is 13.8 Å². The molecule has 0 saturated heterocycles.